The van der Waals surface area contributed by atoms with Crippen LogP contribution in [0.15, 0.2) is 24.3 Å². The van der Waals surface area contributed by atoms with Crippen LogP contribution in [0.5, 0.6) is 0 Å². The van der Waals surface area contributed by atoms with E-state index in [0.29, 0.717) is 5.01 Å². The third-order valence-corrected chi connectivity index (χ3v) is 3.46. The van der Waals surface area contributed by atoms with E-state index in [4.69, 9.17) is 10.8 Å². The van der Waals surface area contributed by atoms with Crippen LogP contribution in [0, 0.1) is 0 Å². The van der Waals surface area contributed by atoms with Gasteiger partial charge in [-0.15, -0.1) is 11.3 Å². The minimum absolute atomic E-state index is 0.427. The number of hydrogen-bond donors (Lipinski definition) is 2. The van der Waals surface area contributed by atoms with Gasteiger partial charge in [-0.2, -0.15) is 0 Å². The van der Waals surface area contributed by atoms with Gasteiger partial charge in [0.25, 0.3) is 0 Å². The summed E-state index contributed by atoms with van der Waals surface area (Å²) >= 11 is 1.32. The molecule has 3 N–H and O–H groups in total. The van der Waals surface area contributed by atoms with Gasteiger partial charge in [-0.1, -0.05) is 12.1 Å². The van der Waals surface area contributed by atoms with Crippen molar-refractivity contribution in [2.45, 2.75) is 12.5 Å². The van der Waals surface area contributed by atoms with Crippen LogP contribution in [0.25, 0.3) is 10.2 Å². The maximum Gasteiger partial charge on any atom is 0.330 e. The molecule has 2 aromatic rings. The Bertz CT molecular complexity index is 486. The number of hydrogen-bond acceptors (Lipinski definition) is 4. The van der Waals surface area contributed by atoms with Crippen molar-refractivity contribution in [3.8, 4) is 0 Å². The minimum Gasteiger partial charge on any atom is -0.480 e. The molecule has 0 aliphatic heterocycles. The second kappa shape index (κ2) is 3.29. The quantitative estimate of drug-likeness (QED) is 0.808. The molecule has 2 rings (SSSR count). The molecule has 0 fully saturated rings. The zero-order chi connectivity index (χ0) is 11.1. The fourth-order valence-corrected chi connectivity index (χ4v) is 2.20. The molecule has 15 heavy (non-hydrogen) atoms. The molecule has 0 radical (unpaired) electrons. The van der Waals surface area contributed by atoms with Crippen LogP contribution < -0.4 is 5.73 Å². The van der Waals surface area contributed by atoms with Gasteiger partial charge in [0.2, 0.25) is 0 Å². The number of para-hydroxylation sites is 1. The lowest BCUT2D eigenvalue weighted by Gasteiger charge is -2.14. The highest BCUT2D eigenvalue weighted by Crippen LogP contribution is 2.28. The first kappa shape index (κ1) is 10.1. The second-order valence-electron chi connectivity index (χ2n) is 3.49. The highest BCUT2D eigenvalue weighted by Gasteiger charge is 2.33. The lowest BCUT2D eigenvalue weighted by Crippen LogP contribution is -2.41. The number of fused-ring (bicyclic) bond motifs is 1. The largest absolute Gasteiger partial charge is 0.480 e. The van der Waals surface area contributed by atoms with E-state index in [1.807, 2.05) is 24.3 Å². The van der Waals surface area contributed by atoms with Crippen LogP contribution in [0.4, 0.5) is 0 Å². The van der Waals surface area contributed by atoms with Crippen LogP contribution in [0.2, 0.25) is 0 Å². The van der Waals surface area contributed by atoms with Crippen LogP contribution in [-0.4, -0.2) is 16.1 Å². The van der Waals surface area contributed by atoms with E-state index in [1.54, 1.807) is 0 Å². The number of carboxylic acid groups (broad SMARTS) is 1. The number of nitrogens with two attached hydrogens (primary N) is 1. The molecule has 5 heteroatoms. The number of aromatic nitrogens is 1. The summed E-state index contributed by atoms with van der Waals surface area (Å²) in [5, 5.41) is 9.39. The molecule has 0 bridgehead atoms. The summed E-state index contributed by atoms with van der Waals surface area (Å²) < 4.78 is 0.949. The van der Waals surface area contributed by atoms with E-state index >= 15 is 0 Å². The van der Waals surface area contributed by atoms with Crippen LogP contribution in [0.1, 0.15) is 11.9 Å². The summed E-state index contributed by atoms with van der Waals surface area (Å²) in [5.74, 6) is -1.07. The van der Waals surface area contributed by atoms with Crippen LogP contribution in [-0.2, 0) is 10.3 Å². The van der Waals surface area contributed by atoms with Crippen molar-refractivity contribution in [1.29, 1.82) is 0 Å². The van der Waals surface area contributed by atoms with Gasteiger partial charge < -0.3 is 10.8 Å². The van der Waals surface area contributed by atoms with Crippen molar-refractivity contribution >= 4 is 27.5 Å². The second-order valence-corrected chi connectivity index (χ2v) is 4.52. The number of carboxylic acids is 1. The Morgan fingerprint density at radius 2 is 2.20 bits per heavy atom. The Morgan fingerprint density at radius 1 is 1.53 bits per heavy atom. The zero-order valence-electron chi connectivity index (χ0n) is 8.10. The molecule has 0 aliphatic carbocycles. The minimum atomic E-state index is -1.41. The predicted octanol–water partition coefficient (Wildman–Crippen LogP) is 1.55. The maximum absolute atomic E-state index is 10.9. The van der Waals surface area contributed by atoms with Gasteiger partial charge in [-0.3, -0.25) is 0 Å². The molecular weight excluding hydrogens is 212 g/mol. The Labute approximate surface area is 90.4 Å². The number of carbonyl (C=O) groups is 1. The van der Waals surface area contributed by atoms with Gasteiger partial charge in [0, 0.05) is 0 Å². The first-order valence-corrected chi connectivity index (χ1v) is 5.22. The van der Waals surface area contributed by atoms with E-state index in [9.17, 15) is 4.79 Å². The van der Waals surface area contributed by atoms with Crippen molar-refractivity contribution < 1.29 is 9.90 Å². The number of rotatable bonds is 2. The van der Waals surface area contributed by atoms with Crippen LogP contribution >= 0.6 is 11.3 Å². The summed E-state index contributed by atoms with van der Waals surface area (Å²) in [6.07, 6.45) is 0. The average Bonchev–Trinajstić information content (AvgIpc) is 2.61. The first-order valence-electron chi connectivity index (χ1n) is 4.40. The Kier molecular flexibility index (Phi) is 2.21. The average molecular weight is 222 g/mol. The number of thiazole rings is 1. The van der Waals surface area contributed by atoms with Crippen LogP contribution in [0.3, 0.4) is 0 Å². The fraction of sp³-hybridized carbons (Fsp3) is 0.200. The van der Waals surface area contributed by atoms with Crippen molar-refractivity contribution in [1.82, 2.24) is 4.98 Å². The Morgan fingerprint density at radius 3 is 2.80 bits per heavy atom. The summed E-state index contributed by atoms with van der Waals surface area (Å²) in [6.45, 7) is 1.45. The number of nitrogens with zero attached hydrogens (tertiary/aromatic N) is 1. The topological polar surface area (TPSA) is 76.2 Å². The van der Waals surface area contributed by atoms with E-state index in [0.717, 1.165) is 10.2 Å². The smallest absolute Gasteiger partial charge is 0.330 e. The molecule has 0 saturated heterocycles. The van der Waals surface area contributed by atoms with E-state index in [1.165, 1.54) is 18.3 Å². The molecule has 1 heterocycles. The Balaban J connectivity index is 2.58. The summed E-state index contributed by atoms with van der Waals surface area (Å²) in [4.78, 5) is 15.2. The van der Waals surface area contributed by atoms with Crippen molar-refractivity contribution in [3.63, 3.8) is 0 Å². The monoisotopic (exact) mass is 222 g/mol. The normalized spacial score (nSPS) is 15.1. The van der Waals surface area contributed by atoms with Gasteiger partial charge in [0.15, 0.2) is 5.54 Å². The van der Waals surface area contributed by atoms with Gasteiger partial charge in [-0.25, -0.2) is 9.78 Å². The fourth-order valence-electron chi connectivity index (χ4n) is 1.19. The van der Waals surface area contributed by atoms with Crippen molar-refractivity contribution in [2.24, 2.45) is 5.73 Å². The van der Waals surface area contributed by atoms with Gasteiger partial charge in [0.1, 0.15) is 5.01 Å². The first-order chi connectivity index (χ1) is 7.01. The Hall–Kier alpha value is -1.46. The lowest BCUT2D eigenvalue weighted by molar-refractivity contribution is -0.143. The van der Waals surface area contributed by atoms with Crippen molar-refractivity contribution in [3.05, 3.63) is 29.3 Å². The molecule has 1 atom stereocenters. The number of aliphatic carboxylic acids is 1. The maximum atomic E-state index is 10.9. The third kappa shape index (κ3) is 1.60. The van der Waals surface area contributed by atoms with Gasteiger partial charge >= 0.3 is 5.97 Å². The zero-order valence-corrected chi connectivity index (χ0v) is 8.91. The molecule has 0 aliphatic rings. The molecule has 78 valence electrons. The summed E-state index contributed by atoms with van der Waals surface area (Å²) in [6, 6.07) is 7.49. The van der Waals surface area contributed by atoms with E-state index in [2.05, 4.69) is 4.98 Å². The standard InChI is InChI=1S/C10H10N2O2S/c1-10(11,9(13)14)8-12-6-4-2-3-5-7(6)15-8/h2-5H,11H2,1H3,(H,13,14). The molecular formula is C10H10N2O2S. The van der Waals surface area contributed by atoms with Crippen molar-refractivity contribution in [2.75, 3.05) is 0 Å². The molecule has 0 spiro atoms. The highest BCUT2D eigenvalue weighted by atomic mass is 32.1. The van der Waals surface area contributed by atoms with E-state index in [-0.39, 0.29) is 0 Å². The van der Waals surface area contributed by atoms with Gasteiger partial charge in [0.05, 0.1) is 10.2 Å². The SMILES string of the molecule is CC(N)(C(=O)O)c1nc2ccccc2s1. The molecule has 1 unspecified atom stereocenters. The molecule has 0 amide bonds. The van der Waals surface area contributed by atoms with E-state index < -0.39 is 11.5 Å². The predicted molar refractivity (Wildman–Crippen MR) is 58.8 cm³/mol. The molecule has 1 aromatic carbocycles. The summed E-state index contributed by atoms with van der Waals surface area (Å²) in [7, 11) is 0. The highest BCUT2D eigenvalue weighted by molar-refractivity contribution is 7.18. The third-order valence-electron chi connectivity index (χ3n) is 2.18. The number of benzene rings is 1. The molecule has 0 saturated carbocycles. The van der Waals surface area contributed by atoms with Gasteiger partial charge in [-0.05, 0) is 19.1 Å². The summed E-state index contributed by atoms with van der Waals surface area (Å²) in [5.41, 5.74) is 5.07. The molecule has 1 aromatic heterocycles. The lowest BCUT2D eigenvalue weighted by atomic mass is 10.1. The molecule has 4 nitrogen and oxygen atoms in total.